The number of aromatic nitrogens is 4. The molecular formula is C15H14ClFN6O3S2. The van der Waals surface area contributed by atoms with Gasteiger partial charge in [0, 0.05) is 7.05 Å². The third-order valence-corrected chi connectivity index (χ3v) is 7.18. The molecule has 1 amide bonds. The van der Waals surface area contributed by atoms with Crippen LogP contribution in [0.1, 0.15) is 5.82 Å². The molecule has 0 saturated carbocycles. The average Bonchev–Trinajstić information content (AvgIpc) is 3.25. The average molecular weight is 445 g/mol. The molecule has 0 radical (unpaired) electrons. The molecule has 2 aromatic heterocycles. The maximum Gasteiger partial charge on any atom is 0.252 e. The Kier molecular flexibility index (Phi) is 5.74. The van der Waals surface area contributed by atoms with Crippen LogP contribution in [0.25, 0.3) is 5.69 Å². The standard InChI is InChI=1S/C15H14ClFN6O3S2/c1-9-19-20-21-23(9)10-3-4-11(17)12(7-10)18-14(24)8-22(2)28(25,26)15-6-5-13(16)27-15/h3-7H,8H2,1-2H3,(H,18,24). The molecule has 0 atom stereocenters. The summed E-state index contributed by atoms with van der Waals surface area (Å²) in [6, 6.07) is 6.76. The van der Waals surface area contributed by atoms with E-state index in [1.807, 2.05) is 0 Å². The van der Waals surface area contributed by atoms with Gasteiger partial charge in [-0.1, -0.05) is 11.6 Å². The Labute approximate surface area is 168 Å². The summed E-state index contributed by atoms with van der Waals surface area (Å²) in [5, 5.41) is 13.4. The predicted molar refractivity (Wildman–Crippen MR) is 102 cm³/mol. The summed E-state index contributed by atoms with van der Waals surface area (Å²) < 4.78 is 41.5. The zero-order valence-electron chi connectivity index (χ0n) is 14.6. The molecule has 0 aliphatic rings. The lowest BCUT2D eigenvalue weighted by atomic mass is 10.2. The van der Waals surface area contributed by atoms with Crippen LogP contribution in [0, 0.1) is 12.7 Å². The molecule has 3 aromatic rings. The van der Waals surface area contributed by atoms with Crippen molar-refractivity contribution in [3.05, 3.63) is 46.3 Å². The van der Waals surface area contributed by atoms with Gasteiger partial charge < -0.3 is 5.32 Å². The van der Waals surface area contributed by atoms with E-state index < -0.39 is 28.3 Å². The van der Waals surface area contributed by atoms with Crippen LogP contribution in [0.4, 0.5) is 10.1 Å². The first-order valence-corrected chi connectivity index (χ1v) is 10.4. The molecule has 0 bridgehead atoms. The first-order chi connectivity index (χ1) is 13.2. The molecule has 0 saturated heterocycles. The lowest BCUT2D eigenvalue weighted by Gasteiger charge is -2.16. The number of hydrogen-bond acceptors (Lipinski definition) is 7. The quantitative estimate of drug-likeness (QED) is 0.623. The fraction of sp³-hybridized carbons (Fsp3) is 0.200. The van der Waals surface area contributed by atoms with E-state index in [-0.39, 0.29) is 9.90 Å². The van der Waals surface area contributed by atoms with Crippen LogP contribution in [0.3, 0.4) is 0 Å². The molecule has 0 fully saturated rings. The van der Waals surface area contributed by atoms with E-state index in [4.69, 9.17) is 11.6 Å². The van der Waals surface area contributed by atoms with E-state index in [0.717, 1.165) is 21.7 Å². The number of anilines is 1. The van der Waals surface area contributed by atoms with Crippen molar-refractivity contribution in [3.63, 3.8) is 0 Å². The zero-order valence-corrected chi connectivity index (χ0v) is 17.0. The summed E-state index contributed by atoms with van der Waals surface area (Å²) in [4.78, 5) is 12.3. The number of nitrogens with one attached hydrogen (secondary N) is 1. The second kappa shape index (κ2) is 7.91. The van der Waals surface area contributed by atoms with E-state index >= 15 is 0 Å². The number of halogens is 2. The van der Waals surface area contributed by atoms with Crippen LogP contribution >= 0.6 is 22.9 Å². The number of benzene rings is 1. The van der Waals surface area contributed by atoms with Crippen LogP contribution in [0.15, 0.2) is 34.5 Å². The van der Waals surface area contributed by atoms with Gasteiger partial charge in [-0.05, 0) is 47.7 Å². The highest BCUT2D eigenvalue weighted by Crippen LogP contribution is 2.27. The Morgan fingerprint density at radius 3 is 2.71 bits per heavy atom. The SMILES string of the molecule is Cc1nnnn1-c1ccc(F)c(NC(=O)CN(C)S(=O)(=O)c2ccc(Cl)s2)c1. The number of tetrazole rings is 1. The van der Waals surface area contributed by atoms with Crippen molar-refractivity contribution in [2.24, 2.45) is 0 Å². The van der Waals surface area contributed by atoms with Gasteiger partial charge in [-0.25, -0.2) is 12.8 Å². The number of nitrogens with zero attached hydrogens (tertiary/aromatic N) is 5. The van der Waals surface area contributed by atoms with E-state index in [0.29, 0.717) is 15.8 Å². The van der Waals surface area contributed by atoms with Gasteiger partial charge in [0.25, 0.3) is 10.0 Å². The normalized spacial score (nSPS) is 11.8. The minimum Gasteiger partial charge on any atom is -0.322 e. The molecular weight excluding hydrogens is 431 g/mol. The Bertz CT molecular complexity index is 1130. The molecule has 0 aliphatic heterocycles. The van der Waals surface area contributed by atoms with Crippen molar-refractivity contribution in [1.29, 1.82) is 0 Å². The monoisotopic (exact) mass is 444 g/mol. The number of hydrogen-bond donors (Lipinski definition) is 1. The summed E-state index contributed by atoms with van der Waals surface area (Å²) >= 11 is 6.65. The number of aryl methyl sites for hydroxylation is 1. The Hall–Kier alpha value is -2.41. The van der Waals surface area contributed by atoms with Gasteiger partial charge in [-0.15, -0.1) is 16.4 Å². The zero-order chi connectivity index (χ0) is 20.5. The van der Waals surface area contributed by atoms with E-state index in [1.54, 1.807) is 6.92 Å². The second-order valence-corrected chi connectivity index (χ2v) is 9.66. The van der Waals surface area contributed by atoms with Crippen molar-refractivity contribution >= 4 is 44.6 Å². The highest BCUT2D eigenvalue weighted by atomic mass is 35.5. The summed E-state index contributed by atoms with van der Waals surface area (Å²) in [5.74, 6) is -0.916. The van der Waals surface area contributed by atoms with Gasteiger partial charge in [-0.2, -0.15) is 8.99 Å². The van der Waals surface area contributed by atoms with Gasteiger partial charge in [0.05, 0.1) is 22.3 Å². The molecule has 13 heteroatoms. The van der Waals surface area contributed by atoms with Gasteiger partial charge >= 0.3 is 0 Å². The van der Waals surface area contributed by atoms with Crippen LogP contribution in [-0.4, -0.2) is 52.4 Å². The van der Waals surface area contributed by atoms with Gasteiger partial charge in [0.1, 0.15) is 10.0 Å². The summed E-state index contributed by atoms with van der Waals surface area (Å²) in [7, 11) is -2.63. The number of amides is 1. The highest BCUT2D eigenvalue weighted by molar-refractivity contribution is 7.91. The number of carbonyl (C=O) groups excluding carboxylic acids is 1. The van der Waals surface area contributed by atoms with Crippen LogP contribution in [0.5, 0.6) is 0 Å². The molecule has 0 unspecified atom stereocenters. The first-order valence-electron chi connectivity index (χ1n) is 7.75. The smallest absolute Gasteiger partial charge is 0.252 e. The first kappa shape index (κ1) is 20.3. The second-order valence-electron chi connectivity index (χ2n) is 5.67. The molecule has 0 aliphatic carbocycles. The van der Waals surface area contributed by atoms with Crippen molar-refractivity contribution in [2.45, 2.75) is 11.1 Å². The molecule has 0 spiro atoms. The third-order valence-electron chi connectivity index (χ3n) is 3.67. The fourth-order valence-corrected chi connectivity index (χ4v) is 5.10. The van der Waals surface area contributed by atoms with Crippen LogP contribution < -0.4 is 5.32 Å². The van der Waals surface area contributed by atoms with Crippen LogP contribution in [0.2, 0.25) is 4.34 Å². The lowest BCUT2D eigenvalue weighted by molar-refractivity contribution is -0.116. The summed E-state index contributed by atoms with van der Waals surface area (Å²) in [5.41, 5.74) is 0.316. The Morgan fingerprint density at radius 2 is 2.11 bits per heavy atom. The number of rotatable bonds is 6. The Morgan fingerprint density at radius 1 is 1.36 bits per heavy atom. The highest BCUT2D eigenvalue weighted by Gasteiger charge is 2.25. The van der Waals surface area contributed by atoms with Crippen molar-refractivity contribution in [2.75, 3.05) is 18.9 Å². The van der Waals surface area contributed by atoms with Gasteiger partial charge in [0.2, 0.25) is 5.91 Å². The molecule has 28 heavy (non-hydrogen) atoms. The minimum absolute atomic E-state index is 0.00938. The minimum atomic E-state index is -3.88. The molecule has 1 aromatic carbocycles. The fourth-order valence-electron chi connectivity index (χ4n) is 2.28. The number of thiophene rings is 1. The maximum atomic E-state index is 14.1. The Balaban J connectivity index is 1.75. The predicted octanol–water partition coefficient (Wildman–Crippen LogP) is 2.08. The van der Waals surface area contributed by atoms with Crippen molar-refractivity contribution < 1.29 is 17.6 Å². The summed E-state index contributed by atoms with van der Waals surface area (Å²) in [6.45, 7) is 1.16. The van der Waals surface area contributed by atoms with Crippen LogP contribution in [-0.2, 0) is 14.8 Å². The maximum absolute atomic E-state index is 14.1. The molecule has 2 heterocycles. The topological polar surface area (TPSA) is 110 Å². The third kappa shape index (κ3) is 4.19. The van der Waals surface area contributed by atoms with E-state index in [9.17, 15) is 17.6 Å². The van der Waals surface area contributed by atoms with Crippen molar-refractivity contribution in [1.82, 2.24) is 24.5 Å². The number of likely N-dealkylation sites (N-methyl/N-ethyl adjacent to an activating group) is 1. The molecule has 9 nitrogen and oxygen atoms in total. The van der Waals surface area contributed by atoms with Gasteiger partial charge in [-0.3, -0.25) is 4.79 Å². The van der Waals surface area contributed by atoms with E-state index in [2.05, 4.69) is 20.8 Å². The van der Waals surface area contributed by atoms with E-state index in [1.165, 1.54) is 36.0 Å². The van der Waals surface area contributed by atoms with Crippen molar-refractivity contribution in [3.8, 4) is 5.69 Å². The number of sulfonamides is 1. The largest absolute Gasteiger partial charge is 0.322 e. The molecule has 3 rings (SSSR count). The molecule has 148 valence electrons. The lowest BCUT2D eigenvalue weighted by Crippen LogP contribution is -2.34. The summed E-state index contributed by atoms with van der Waals surface area (Å²) in [6.07, 6.45) is 0. The van der Waals surface area contributed by atoms with Gasteiger partial charge in [0.15, 0.2) is 5.82 Å². The number of carbonyl (C=O) groups is 1. The molecule has 1 N–H and O–H groups in total.